The summed E-state index contributed by atoms with van der Waals surface area (Å²) >= 11 is 0. The predicted octanol–water partition coefficient (Wildman–Crippen LogP) is 2.50. The molecule has 2 aliphatic heterocycles. The highest BCUT2D eigenvalue weighted by atomic mass is 16.6. The lowest BCUT2D eigenvalue weighted by molar-refractivity contribution is -0.159. The summed E-state index contributed by atoms with van der Waals surface area (Å²) in [5.74, 6) is -2.63. The van der Waals surface area contributed by atoms with Gasteiger partial charge in [-0.2, -0.15) is 5.10 Å². The van der Waals surface area contributed by atoms with Crippen LogP contribution in [0.5, 0.6) is 0 Å². The van der Waals surface area contributed by atoms with Crippen LogP contribution in [0.1, 0.15) is 56.4 Å². The first kappa shape index (κ1) is 35.8. The maximum Gasteiger partial charge on any atom is 0.412 e. The van der Waals surface area contributed by atoms with Crippen molar-refractivity contribution in [2.24, 2.45) is 18.9 Å². The van der Waals surface area contributed by atoms with Crippen LogP contribution in [0.15, 0.2) is 58.9 Å². The number of oxazole rings is 1. The van der Waals surface area contributed by atoms with Crippen LogP contribution in [0, 0.1) is 11.8 Å². The number of allylic oxidation sites excluding steroid dienone is 2. The largest absolute Gasteiger partial charge is 0.460 e. The number of carbonyl (C=O) groups is 5. The Morgan fingerprint density at radius 2 is 2.04 bits per heavy atom. The summed E-state index contributed by atoms with van der Waals surface area (Å²) < 4.78 is 18.3. The van der Waals surface area contributed by atoms with Crippen LogP contribution in [0.2, 0.25) is 0 Å². The lowest BCUT2D eigenvalue weighted by Gasteiger charge is -2.30. The summed E-state index contributed by atoms with van der Waals surface area (Å²) in [6.07, 6.45) is 8.52. The molecule has 48 heavy (non-hydrogen) atoms. The quantitative estimate of drug-likeness (QED) is 0.406. The van der Waals surface area contributed by atoms with Crippen molar-refractivity contribution in [1.82, 2.24) is 25.0 Å². The van der Waals surface area contributed by atoms with Gasteiger partial charge in [-0.15, -0.1) is 0 Å². The van der Waals surface area contributed by atoms with Gasteiger partial charge in [0.25, 0.3) is 5.91 Å². The summed E-state index contributed by atoms with van der Waals surface area (Å²) in [5.41, 5.74) is 0.628. The molecule has 0 aromatic carbocycles. The molecule has 2 aromatic heterocycles. The summed E-state index contributed by atoms with van der Waals surface area (Å²) in [7, 11) is 1.71. The summed E-state index contributed by atoms with van der Waals surface area (Å²) in [4.78, 5) is 70.1. The maximum atomic E-state index is 13.6. The molecule has 0 spiro atoms. The number of amides is 3. The van der Waals surface area contributed by atoms with E-state index >= 15 is 0 Å². The van der Waals surface area contributed by atoms with Crippen molar-refractivity contribution in [2.45, 2.75) is 64.7 Å². The van der Waals surface area contributed by atoms with Gasteiger partial charge in [-0.25, -0.2) is 14.6 Å². The molecule has 2 aliphatic rings. The lowest BCUT2D eigenvalue weighted by Crippen LogP contribution is -2.44. The van der Waals surface area contributed by atoms with Crippen LogP contribution >= 0.6 is 0 Å². The van der Waals surface area contributed by atoms with Gasteiger partial charge in [0.1, 0.15) is 24.2 Å². The molecule has 15 nitrogen and oxygen atoms in total. The number of Topliss-reactive ketones (excluding diaryl/α,β-unsaturated/α-hetero) is 1. The number of aliphatic hydroxyl groups is 1. The number of aryl methyl sites for hydroxylation is 1. The molecule has 2 aromatic rings. The van der Waals surface area contributed by atoms with Gasteiger partial charge in [0.15, 0.2) is 11.5 Å². The molecule has 3 amide bonds. The molecular formula is C33H42N6O9. The molecule has 0 saturated carbocycles. The Balaban J connectivity index is 1.54. The number of ketones is 1. The Labute approximate surface area is 278 Å². The van der Waals surface area contributed by atoms with E-state index in [4.69, 9.17) is 13.9 Å². The molecule has 4 rings (SSSR count). The standard InChI is InChI=1S/C33H42N6O9/c1-20-7-5-12-34-28(42)10-9-21(2)30(22(3)18-47-33(45)36-27-11-14-38(4)37-27)48-32(44)26-8-6-13-39(26)31(43)25-19-46-29(35-25)17-24(41)16-23(40)15-20/h5,7,9-11,14-15,19,21-23,26,30,40H,6,8,12-13,16-18H2,1-4H3,(H,34,42)(H,36,37,45)/b7-5?,10-9+,20-15?/t21?,22-,23+,26+,30-/m0/s1. The third-order valence-electron chi connectivity index (χ3n) is 7.88. The van der Waals surface area contributed by atoms with Gasteiger partial charge in [0.2, 0.25) is 11.8 Å². The van der Waals surface area contributed by atoms with Crippen LogP contribution < -0.4 is 10.6 Å². The number of fused-ring (bicyclic) bond motifs is 3. The Morgan fingerprint density at radius 3 is 2.79 bits per heavy atom. The minimum atomic E-state index is -1.05. The van der Waals surface area contributed by atoms with E-state index in [0.717, 1.165) is 6.26 Å². The third kappa shape index (κ3) is 10.2. The van der Waals surface area contributed by atoms with Gasteiger partial charge in [0, 0.05) is 50.7 Å². The average Bonchev–Trinajstić information content (AvgIpc) is 3.80. The van der Waals surface area contributed by atoms with E-state index in [2.05, 4.69) is 20.7 Å². The number of aliphatic hydroxyl groups excluding tert-OH is 1. The van der Waals surface area contributed by atoms with Gasteiger partial charge < -0.3 is 29.2 Å². The number of nitrogens with zero attached hydrogens (tertiary/aromatic N) is 4. The van der Waals surface area contributed by atoms with E-state index in [9.17, 15) is 29.1 Å². The lowest BCUT2D eigenvalue weighted by atomic mass is 9.93. The van der Waals surface area contributed by atoms with Gasteiger partial charge >= 0.3 is 12.1 Å². The summed E-state index contributed by atoms with van der Waals surface area (Å²) in [6.45, 7) is 5.61. The van der Waals surface area contributed by atoms with E-state index in [0.29, 0.717) is 24.2 Å². The molecule has 2 bridgehead atoms. The van der Waals surface area contributed by atoms with E-state index < -0.39 is 48.1 Å². The SMILES string of the molecule is CC1=C[C@@H](O)CC(=O)Cc2nc(co2)C(=O)N2CCC[C@@H]2C(=O)O[C@H]([C@@H](C)COC(=O)Nc2ccn(C)n2)C(C)/C=C/C(=O)NCC=C1. The molecule has 5 atom stereocenters. The fourth-order valence-corrected chi connectivity index (χ4v) is 5.47. The second-order valence-electron chi connectivity index (χ2n) is 12.0. The third-order valence-corrected chi connectivity index (χ3v) is 7.88. The highest BCUT2D eigenvalue weighted by Gasteiger charge is 2.39. The zero-order valence-corrected chi connectivity index (χ0v) is 27.5. The minimum absolute atomic E-state index is 0.0187. The monoisotopic (exact) mass is 666 g/mol. The van der Waals surface area contributed by atoms with Crippen molar-refractivity contribution in [2.75, 3.05) is 25.0 Å². The Bertz CT molecular complexity index is 1570. The highest BCUT2D eigenvalue weighted by Crippen LogP contribution is 2.26. The summed E-state index contributed by atoms with van der Waals surface area (Å²) in [5, 5.41) is 19.7. The van der Waals surface area contributed by atoms with Crippen molar-refractivity contribution in [3.8, 4) is 0 Å². The smallest absolute Gasteiger partial charge is 0.412 e. The number of cyclic esters (lactones) is 1. The van der Waals surface area contributed by atoms with E-state index in [1.807, 2.05) is 0 Å². The number of anilines is 1. The van der Waals surface area contributed by atoms with Crippen LogP contribution in [0.3, 0.4) is 0 Å². The Morgan fingerprint density at radius 1 is 1.25 bits per heavy atom. The molecule has 15 heteroatoms. The molecule has 4 heterocycles. The number of rotatable bonds is 4. The summed E-state index contributed by atoms with van der Waals surface area (Å²) in [6, 6.07) is 0.691. The minimum Gasteiger partial charge on any atom is -0.460 e. The Hall–Kier alpha value is -5.05. The zero-order chi connectivity index (χ0) is 34.8. The van der Waals surface area contributed by atoms with Crippen LogP contribution in [-0.4, -0.2) is 92.4 Å². The van der Waals surface area contributed by atoms with Crippen LogP contribution in [0.4, 0.5) is 10.6 Å². The number of hydrogen-bond donors (Lipinski definition) is 3. The normalized spacial score (nSPS) is 24.6. The van der Waals surface area contributed by atoms with E-state index in [-0.39, 0.29) is 55.8 Å². The van der Waals surface area contributed by atoms with Gasteiger partial charge in [-0.3, -0.25) is 24.4 Å². The van der Waals surface area contributed by atoms with Crippen molar-refractivity contribution >= 4 is 35.5 Å². The molecule has 258 valence electrons. The van der Waals surface area contributed by atoms with Crippen molar-refractivity contribution in [3.05, 3.63) is 66.1 Å². The van der Waals surface area contributed by atoms with Crippen molar-refractivity contribution < 1.29 is 43.0 Å². The number of esters is 1. The Kier molecular flexibility index (Phi) is 12.4. The van der Waals surface area contributed by atoms with Gasteiger partial charge in [-0.05, 0) is 25.8 Å². The molecule has 1 unspecified atom stereocenters. The molecule has 0 radical (unpaired) electrons. The van der Waals surface area contributed by atoms with Gasteiger partial charge in [-0.1, -0.05) is 43.7 Å². The maximum absolute atomic E-state index is 13.6. The fraction of sp³-hybridized carbons (Fsp3) is 0.485. The molecule has 3 N–H and O–H groups in total. The molecule has 0 aliphatic carbocycles. The number of carbonyl (C=O) groups excluding carboxylic acids is 5. The first-order valence-electron chi connectivity index (χ1n) is 15.8. The van der Waals surface area contributed by atoms with Crippen LogP contribution in [-0.2, 0) is 37.3 Å². The molecule has 1 fully saturated rings. The van der Waals surface area contributed by atoms with Crippen LogP contribution in [0.25, 0.3) is 0 Å². The second kappa shape index (κ2) is 16.7. The molecule has 1 saturated heterocycles. The number of ether oxygens (including phenoxy) is 2. The first-order chi connectivity index (χ1) is 22.9. The second-order valence-corrected chi connectivity index (χ2v) is 12.0. The average molecular weight is 667 g/mol. The number of nitrogens with one attached hydrogen (secondary N) is 2. The van der Waals surface area contributed by atoms with Gasteiger partial charge in [0.05, 0.1) is 19.1 Å². The van der Waals surface area contributed by atoms with Crippen molar-refractivity contribution in [3.63, 3.8) is 0 Å². The zero-order valence-electron chi connectivity index (χ0n) is 27.5. The molecular weight excluding hydrogens is 624 g/mol. The number of hydrogen-bond acceptors (Lipinski definition) is 11. The van der Waals surface area contributed by atoms with E-state index in [1.165, 1.54) is 21.7 Å². The van der Waals surface area contributed by atoms with Crippen molar-refractivity contribution in [1.29, 1.82) is 0 Å². The topological polar surface area (TPSA) is 195 Å². The fourth-order valence-electron chi connectivity index (χ4n) is 5.47. The first-order valence-corrected chi connectivity index (χ1v) is 15.8. The number of aromatic nitrogens is 3. The highest BCUT2D eigenvalue weighted by molar-refractivity contribution is 5.95. The predicted molar refractivity (Wildman–Crippen MR) is 171 cm³/mol. The van der Waals surface area contributed by atoms with E-state index in [1.54, 1.807) is 58.3 Å².